The van der Waals surface area contributed by atoms with E-state index in [2.05, 4.69) is 38.2 Å². The Bertz CT molecular complexity index is 389. The van der Waals surface area contributed by atoms with E-state index in [0.29, 0.717) is 0 Å². The minimum atomic E-state index is 0.862. The van der Waals surface area contributed by atoms with E-state index < -0.39 is 0 Å². The lowest BCUT2D eigenvalue weighted by Crippen LogP contribution is -1.97. The average molecular weight is 535 g/mol. The lowest BCUT2D eigenvalue weighted by Gasteiger charge is -1.99. The molecule has 0 aliphatic carbocycles. The highest BCUT2D eigenvalue weighted by atomic mass is 14.5. The van der Waals surface area contributed by atoms with Gasteiger partial charge < -0.3 is 11.5 Å². The minimum Gasteiger partial charge on any atom is -0.330 e. The molecule has 4 N–H and O–H groups in total. The molecule has 0 unspecified atom stereocenters. The van der Waals surface area contributed by atoms with Crippen LogP contribution >= 0.6 is 0 Å². The zero-order chi connectivity index (χ0) is 28.0. The fraction of sp³-hybridized carbons (Fsp3) is 0.889. The van der Waals surface area contributed by atoms with Crippen LogP contribution in [0.15, 0.2) is 24.3 Å². The van der Waals surface area contributed by atoms with Gasteiger partial charge in [-0.05, 0) is 77.3 Å². The van der Waals surface area contributed by atoms with Gasteiger partial charge in [0.15, 0.2) is 0 Å². The van der Waals surface area contributed by atoms with Gasteiger partial charge in [0.2, 0.25) is 0 Å². The zero-order valence-corrected chi connectivity index (χ0v) is 26.7. The van der Waals surface area contributed by atoms with E-state index in [1.165, 1.54) is 180 Å². The van der Waals surface area contributed by atoms with Gasteiger partial charge in [0.25, 0.3) is 0 Å². The molecule has 0 saturated heterocycles. The van der Waals surface area contributed by atoms with E-state index in [9.17, 15) is 0 Å². The van der Waals surface area contributed by atoms with E-state index in [1.54, 1.807) is 0 Å². The maximum atomic E-state index is 5.47. The molecule has 0 aromatic heterocycles. The Kier molecular flexibility index (Phi) is 42.5. The van der Waals surface area contributed by atoms with E-state index in [1.807, 2.05) is 0 Å². The van der Waals surface area contributed by atoms with Crippen LogP contribution in [0.2, 0.25) is 0 Å². The molecule has 0 amide bonds. The Hall–Kier alpha value is -0.600. The van der Waals surface area contributed by atoms with Crippen molar-refractivity contribution >= 4 is 0 Å². The third-order valence-corrected chi connectivity index (χ3v) is 7.43. The monoisotopic (exact) mass is 535 g/mol. The Labute approximate surface area is 242 Å². The van der Waals surface area contributed by atoms with Crippen molar-refractivity contribution in [1.82, 2.24) is 0 Å². The second-order valence-electron chi connectivity index (χ2n) is 11.5. The summed E-state index contributed by atoms with van der Waals surface area (Å²) in [5, 5.41) is 0. The number of hydrogen-bond donors (Lipinski definition) is 2. The third kappa shape index (κ3) is 42.5. The molecule has 0 radical (unpaired) electrons. The number of rotatable bonds is 30. The second-order valence-corrected chi connectivity index (χ2v) is 11.5. The largest absolute Gasteiger partial charge is 0.330 e. The van der Waals surface area contributed by atoms with Crippen molar-refractivity contribution in [2.45, 2.75) is 194 Å². The van der Waals surface area contributed by atoms with E-state index in [4.69, 9.17) is 11.5 Å². The van der Waals surface area contributed by atoms with E-state index in [0.717, 1.165) is 13.1 Å². The van der Waals surface area contributed by atoms with Crippen LogP contribution in [0.25, 0.3) is 0 Å². The predicted octanol–water partition coefficient (Wildman–Crippen LogP) is 12.0. The molecule has 0 rings (SSSR count). The SMILES string of the molecule is CCCCCCCCC=CCCCCCCCCN.CCCCCCCCC=CCCCCCCCCN. The van der Waals surface area contributed by atoms with Crippen molar-refractivity contribution in [1.29, 1.82) is 0 Å². The molecule has 0 spiro atoms. The topological polar surface area (TPSA) is 52.0 Å². The molecule has 0 fully saturated rings. The fourth-order valence-electron chi connectivity index (χ4n) is 4.78. The summed E-state index contributed by atoms with van der Waals surface area (Å²) >= 11 is 0. The van der Waals surface area contributed by atoms with Crippen molar-refractivity contribution in [3.8, 4) is 0 Å². The first-order chi connectivity index (χ1) is 18.8. The first kappa shape index (κ1) is 39.5. The first-order valence-corrected chi connectivity index (χ1v) is 17.5. The van der Waals surface area contributed by atoms with Gasteiger partial charge in [0, 0.05) is 0 Å². The third-order valence-electron chi connectivity index (χ3n) is 7.43. The van der Waals surface area contributed by atoms with Crippen LogP contribution in [0.5, 0.6) is 0 Å². The first-order valence-electron chi connectivity index (χ1n) is 17.5. The molecule has 38 heavy (non-hydrogen) atoms. The van der Waals surface area contributed by atoms with Crippen LogP contribution < -0.4 is 11.5 Å². The molecule has 0 aromatic rings. The number of allylic oxidation sites excluding steroid dienone is 4. The number of nitrogens with two attached hydrogens (primary N) is 2. The summed E-state index contributed by atoms with van der Waals surface area (Å²) in [5.41, 5.74) is 10.9. The highest BCUT2D eigenvalue weighted by Crippen LogP contribution is 2.11. The summed E-state index contributed by atoms with van der Waals surface area (Å²) in [6.07, 6.45) is 47.8. The van der Waals surface area contributed by atoms with Gasteiger partial charge in [-0.3, -0.25) is 0 Å². The van der Waals surface area contributed by atoms with E-state index in [-0.39, 0.29) is 0 Å². The van der Waals surface area contributed by atoms with Gasteiger partial charge in [-0.2, -0.15) is 0 Å². The summed E-state index contributed by atoms with van der Waals surface area (Å²) in [6.45, 7) is 6.28. The van der Waals surface area contributed by atoms with Gasteiger partial charge in [0.05, 0.1) is 0 Å². The average Bonchev–Trinajstić information content (AvgIpc) is 2.93. The summed E-state index contributed by atoms with van der Waals surface area (Å²) < 4.78 is 0. The fourth-order valence-corrected chi connectivity index (χ4v) is 4.78. The maximum Gasteiger partial charge on any atom is -0.00773 e. The van der Waals surface area contributed by atoms with Gasteiger partial charge >= 0.3 is 0 Å². The summed E-state index contributed by atoms with van der Waals surface area (Å²) in [6, 6.07) is 0. The van der Waals surface area contributed by atoms with Crippen LogP contribution in [0.4, 0.5) is 0 Å². The number of hydrogen-bond acceptors (Lipinski definition) is 2. The van der Waals surface area contributed by atoms with Crippen molar-refractivity contribution in [3.63, 3.8) is 0 Å². The molecule has 0 aliphatic rings. The molecular formula is C36H74N2. The van der Waals surface area contributed by atoms with Crippen LogP contribution in [0, 0.1) is 0 Å². The molecule has 0 atom stereocenters. The summed E-state index contributed by atoms with van der Waals surface area (Å²) in [4.78, 5) is 0. The Balaban J connectivity index is 0. The van der Waals surface area contributed by atoms with Crippen LogP contribution in [0.3, 0.4) is 0 Å². The Morgan fingerprint density at radius 3 is 0.737 bits per heavy atom. The van der Waals surface area contributed by atoms with Gasteiger partial charge in [-0.25, -0.2) is 0 Å². The van der Waals surface area contributed by atoms with Gasteiger partial charge in [-0.15, -0.1) is 0 Å². The van der Waals surface area contributed by atoms with Gasteiger partial charge in [-0.1, -0.05) is 154 Å². The van der Waals surface area contributed by atoms with Gasteiger partial charge in [0.1, 0.15) is 0 Å². The van der Waals surface area contributed by atoms with Crippen molar-refractivity contribution in [2.75, 3.05) is 13.1 Å². The zero-order valence-electron chi connectivity index (χ0n) is 26.7. The molecule has 0 heterocycles. The lowest BCUT2D eigenvalue weighted by molar-refractivity contribution is 0.599. The molecule has 2 nitrogen and oxygen atoms in total. The normalized spacial score (nSPS) is 11.5. The molecule has 0 aliphatic heterocycles. The quantitative estimate of drug-likeness (QED) is 0.0711. The van der Waals surface area contributed by atoms with Crippen LogP contribution in [-0.4, -0.2) is 13.1 Å². The minimum absolute atomic E-state index is 0.862. The molecule has 2 heteroatoms. The predicted molar refractivity (Wildman–Crippen MR) is 177 cm³/mol. The molecule has 228 valence electrons. The summed E-state index contributed by atoms with van der Waals surface area (Å²) in [7, 11) is 0. The van der Waals surface area contributed by atoms with Crippen LogP contribution in [0.1, 0.15) is 194 Å². The van der Waals surface area contributed by atoms with Crippen molar-refractivity contribution < 1.29 is 0 Å². The molecule has 0 saturated carbocycles. The maximum absolute atomic E-state index is 5.47. The Morgan fingerprint density at radius 1 is 0.289 bits per heavy atom. The van der Waals surface area contributed by atoms with E-state index >= 15 is 0 Å². The van der Waals surface area contributed by atoms with Crippen LogP contribution in [-0.2, 0) is 0 Å². The van der Waals surface area contributed by atoms with Crippen molar-refractivity contribution in [3.05, 3.63) is 24.3 Å². The lowest BCUT2D eigenvalue weighted by atomic mass is 10.1. The smallest absolute Gasteiger partial charge is 0.00773 e. The Morgan fingerprint density at radius 2 is 0.500 bits per heavy atom. The highest BCUT2D eigenvalue weighted by Gasteiger charge is 1.92. The molecule has 0 bridgehead atoms. The second kappa shape index (κ2) is 40.9. The summed E-state index contributed by atoms with van der Waals surface area (Å²) in [5.74, 6) is 0. The van der Waals surface area contributed by atoms with Crippen molar-refractivity contribution in [2.24, 2.45) is 11.5 Å². The number of unbranched alkanes of at least 4 members (excludes halogenated alkanes) is 24. The standard InChI is InChI=1S/2C18H37N/c2*1-2-3-4-5-6-7-8-9-10-11-12-13-14-15-16-17-18-19/h2*9-10H,2-8,11-19H2,1H3. The molecular weight excluding hydrogens is 460 g/mol. The highest BCUT2D eigenvalue weighted by molar-refractivity contribution is 4.82. The molecule has 0 aromatic carbocycles.